The van der Waals surface area contributed by atoms with Crippen LogP contribution in [0.25, 0.3) is 0 Å². The van der Waals surface area contributed by atoms with Gasteiger partial charge in [0.2, 0.25) is 0 Å². The Bertz CT molecular complexity index is 833. The van der Waals surface area contributed by atoms with Gasteiger partial charge in [0.05, 0.1) is 17.4 Å². The smallest absolute Gasteiger partial charge is 0.313 e. The van der Waals surface area contributed by atoms with Crippen molar-refractivity contribution in [2.45, 2.75) is 26.5 Å². The number of amides is 3. The summed E-state index contributed by atoms with van der Waals surface area (Å²) in [5.41, 5.74) is 2.54. The summed E-state index contributed by atoms with van der Waals surface area (Å²) in [4.78, 5) is 36.2. The molecule has 0 saturated carbocycles. The van der Waals surface area contributed by atoms with Crippen LogP contribution in [-0.4, -0.2) is 35.5 Å². The Morgan fingerprint density at radius 2 is 1.74 bits per heavy atom. The molecule has 3 amide bonds. The van der Waals surface area contributed by atoms with Crippen LogP contribution in [0.15, 0.2) is 48.5 Å². The van der Waals surface area contributed by atoms with E-state index >= 15 is 0 Å². The second-order valence-electron chi connectivity index (χ2n) is 6.23. The molecule has 2 aromatic carbocycles. The van der Waals surface area contributed by atoms with Crippen molar-refractivity contribution in [3.8, 4) is 0 Å². The quantitative estimate of drug-likeness (QED) is 0.577. The third kappa shape index (κ3) is 6.23. The molecule has 0 saturated heterocycles. The summed E-state index contributed by atoms with van der Waals surface area (Å²) in [6.07, 6.45) is -0.763. The number of rotatable bonds is 6. The molecule has 7 heteroatoms. The molecule has 0 aromatic heterocycles. The molecule has 1 atom stereocenters. The largest absolute Gasteiger partial charge is 0.392 e. The summed E-state index contributed by atoms with van der Waals surface area (Å²) >= 11 is 0. The van der Waals surface area contributed by atoms with Crippen molar-refractivity contribution in [2.75, 3.05) is 11.9 Å². The van der Waals surface area contributed by atoms with E-state index in [1.807, 2.05) is 31.2 Å². The number of hydrogen-bond acceptors (Lipinski definition) is 4. The van der Waals surface area contributed by atoms with Gasteiger partial charge in [0.1, 0.15) is 0 Å². The van der Waals surface area contributed by atoms with E-state index in [1.165, 1.54) is 6.92 Å². The lowest BCUT2D eigenvalue weighted by Gasteiger charge is -2.12. The maximum atomic E-state index is 12.5. The molecule has 0 bridgehead atoms. The lowest BCUT2D eigenvalue weighted by Crippen LogP contribution is -2.39. The lowest BCUT2D eigenvalue weighted by molar-refractivity contribution is -0.136. The average Bonchev–Trinajstić information content (AvgIpc) is 2.64. The zero-order valence-corrected chi connectivity index (χ0v) is 15.3. The highest BCUT2D eigenvalue weighted by Gasteiger charge is 2.18. The molecule has 0 aliphatic carbocycles. The summed E-state index contributed by atoms with van der Waals surface area (Å²) < 4.78 is 0. The molecule has 0 aliphatic heterocycles. The third-order valence-electron chi connectivity index (χ3n) is 3.72. The fourth-order valence-corrected chi connectivity index (χ4v) is 2.39. The van der Waals surface area contributed by atoms with Gasteiger partial charge < -0.3 is 21.1 Å². The molecule has 4 N–H and O–H groups in total. The van der Waals surface area contributed by atoms with Gasteiger partial charge in [-0.3, -0.25) is 14.4 Å². The fraction of sp³-hybridized carbons (Fsp3) is 0.250. The fourth-order valence-electron chi connectivity index (χ4n) is 2.39. The van der Waals surface area contributed by atoms with Gasteiger partial charge in [0.15, 0.2) is 0 Å². The van der Waals surface area contributed by atoms with Crippen LogP contribution in [0.5, 0.6) is 0 Å². The van der Waals surface area contributed by atoms with E-state index in [2.05, 4.69) is 16.0 Å². The topological polar surface area (TPSA) is 108 Å². The second-order valence-corrected chi connectivity index (χ2v) is 6.23. The molecule has 2 aromatic rings. The number of aryl methyl sites for hydroxylation is 1. The minimum Gasteiger partial charge on any atom is -0.392 e. The Morgan fingerprint density at radius 3 is 2.44 bits per heavy atom. The minimum absolute atomic E-state index is 0.0368. The molecule has 142 valence electrons. The van der Waals surface area contributed by atoms with Gasteiger partial charge in [-0.25, -0.2) is 0 Å². The highest BCUT2D eigenvalue weighted by molar-refractivity contribution is 6.40. The van der Waals surface area contributed by atoms with E-state index in [4.69, 9.17) is 5.11 Å². The van der Waals surface area contributed by atoms with E-state index < -0.39 is 17.9 Å². The number of hydrogen-bond donors (Lipinski definition) is 4. The SMILES string of the molecule is Cc1cccc(CNC(=O)c2ccccc2NC(=O)C(=O)NC[C@H](C)O)c1. The highest BCUT2D eigenvalue weighted by atomic mass is 16.3. The minimum atomic E-state index is -0.908. The zero-order valence-electron chi connectivity index (χ0n) is 15.3. The number of benzene rings is 2. The maximum Gasteiger partial charge on any atom is 0.313 e. The molecule has 0 spiro atoms. The summed E-state index contributed by atoms with van der Waals surface area (Å²) in [5, 5.41) is 16.7. The summed E-state index contributed by atoms with van der Waals surface area (Å²) in [6.45, 7) is 3.77. The van der Waals surface area contributed by atoms with Crippen LogP contribution < -0.4 is 16.0 Å². The predicted molar refractivity (Wildman–Crippen MR) is 102 cm³/mol. The zero-order chi connectivity index (χ0) is 19.8. The molecular weight excluding hydrogens is 346 g/mol. The Balaban J connectivity index is 2.02. The van der Waals surface area contributed by atoms with E-state index in [1.54, 1.807) is 24.3 Å². The van der Waals surface area contributed by atoms with Crippen LogP contribution in [0.3, 0.4) is 0 Å². The normalized spacial score (nSPS) is 11.4. The van der Waals surface area contributed by atoms with Gasteiger partial charge in [-0.15, -0.1) is 0 Å². The van der Waals surface area contributed by atoms with E-state index in [0.29, 0.717) is 6.54 Å². The van der Waals surface area contributed by atoms with Gasteiger partial charge in [-0.05, 0) is 31.5 Å². The number of carbonyl (C=O) groups excluding carboxylic acids is 3. The van der Waals surface area contributed by atoms with Crippen molar-refractivity contribution in [1.29, 1.82) is 0 Å². The number of para-hydroxylation sites is 1. The first-order valence-electron chi connectivity index (χ1n) is 8.57. The molecule has 0 aliphatic rings. The Morgan fingerprint density at radius 1 is 1.00 bits per heavy atom. The van der Waals surface area contributed by atoms with Crippen molar-refractivity contribution in [1.82, 2.24) is 10.6 Å². The predicted octanol–water partition coefficient (Wildman–Crippen LogP) is 1.36. The van der Waals surface area contributed by atoms with Crippen LogP contribution in [0, 0.1) is 6.92 Å². The van der Waals surface area contributed by atoms with Crippen LogP contribution in [0.1, 0.15) is 28.4 Å². The first-order chi connectivity index (χ1) is 12.9. The molecule has 0 unspecified atom stereocenters. The molecule has 2 rings (SSSR count). The first kappa shape index (κ1) is 20.1. The Kier molecular flexibility index (Phi) is 7.08. The molecule has 0 radical (unpaired) electrons. The standard InChI is InChI=1S/C20H23N3O4/c1-13-6-5-7-15(10-13)12-22-18(25)16-8-3-4-9-17(16)23-20(27)19(26)21-11-14(2)24/h3-10,14,24H,11-12H2,1-2H3,(H,21,26)(H,22,25)(H,23,27)/t14-/m0/s1. The Hall–Kier alpha value is -3.19. The summed E-state index contributed by atoms with van der Waals surface area (Å²) in [6, 6.07) is 14.2. The first-order valence-corrected chi connectivity index (χ1v) is 8.57. The van der Waals surface area contributed by atoms with Crippen LogP contribution >= 0.6 is 0 Å². The van der Waals surface area contributed by atoms with E-state index in [-0.39, 0.29) is 23.7 Å². The Labute approximate surface area is 157 Å². The summed E-state index contributed by atoms with van der Waals surface area (Å²) in [7, 11) is 0. The number of aliphatic hydroxyl groups is 1. The lowest BCUT2D eigenvalue weighted by atomic mass is 10.1. The van der Waals surface area contributed by atoms with Crippen molar-refractivity contribution < 1.29 is 19.5 Å². The van der Waals surface area contributed by atoms with Crippen molar-refractivity contribution >= 4 is 23.4 Å². The maximum absolute atomic E-state index is 12.5. The molecule has 27 heavy (non-hydrogen) atoms. The monoisotopic (exact) mass is 369 g/mol. The van der Waals surface area contributed by atoms with E-state index in [9.17, 15) is 14.4 Å². The van der Waals surface area contributed by atoms with Gasteiger partial charge in [0.25, 0.3) is 5.91 Å². The number of anilines is 1. The second kappa shape index (κ2) is 9.49. The molecular formula is C20H23N3O4. The van der Waals surface area contributed by atoms with Gasteiger partial charge >= 0.3 is 11.8 Å². The third-order valence-corrected chi connectivity index (χ3v) is 3.72. The highest BCUT2D eigenvalue weighted by Crippen LogP contribution is 2.15. The van der Waals surface area contributed by atoms with Crippen LogP contribution in [0.4, 0.5) is 5.69 Å². The summed E-state index contributed by atoms with van der Waals surface area (Å²) in [5.74, 6) is -2.16. The number of carbonyl (C=O) groups is 3. The van der Waals surface area contributed by atoms with Crippen molar-refractivity contribution in [2.24, 2.45) is 0 Å². The number of nitrogens with one attached hydrogen (secondary N) is 3. The molecule has 0 heterocycles. The van der Waals surface area contributed by atoms with Gasteiger partial charge in [-0.1, -0.05) is 42.0 Å². The van der Waals surface area contributed by atoms with E-state index in [0.717, 1.165) is 11.1 Å². The van der Waals surface area contributed by atoms with Crippen molar-refractivity contribution in [3.05, 3.63) is 65.2 Å². The molecule has 7 nitrogen and oxygen atoms in total. The van der Waals surface area contributed by atoms with Gasteiger partial charge in [-0.2, -0.15) is 0 Å². The van der Waals surface area contributed by atoms with Crippen molar-refractivity contribution in [3.63, 3.8) is 0 Å². The number of aliphatic hydroxyl groups excluding tert-OH is 1. The van der Waals surface area contributed by atoms with Crippen LogP contribution in [0.2, 0.25) is 0 Å². The molecule has 0 fully saturated rings. The van der Waals surface area contributed by atoms with Gasteiger partial charge in [0, 0.05) is 13.1 Å². The van der Waals surface area contributed by atoms with Crippen LogP contribution in [-0.2, 0) is 16.1 Å². The average molecular weight is 369 g/mol.